The Morgan fingerprint density at radius 3 is 1.77 bits per heavy atom. The van der Waals surface area contributed by atoms with Crippen molar-refractivity contribution in [2.24, 2.45) is 0 Å². The van der Waals surface area contributed by atoms with Crippen LogP contribution in [0.5, 0.6) is 5.75 Å². The molecule has 1 aliphatic rings. The fraction of sp³-hybridized carbons (Fsp3) is 0.194. The minimum Gasteiger partial charge on any atom is -0.484 e. The van der Waals surface area contributed by atoms with Gasteiger partial charge in [-0.25, -0.2) is 8.42 Å². The first-order valence-electron chi connectivity index (χ1n) is 12.9. The lowest BCUT2D eigenvalue weighted by Crippen LogP contribution is -2.51. The van der Waals surface area contributed by atoms with Crippen molar-refractivity contribution in [2.75, 3.05) is 37.5 Å². The van der Waals surface area contributed by atoms with Crippen molar-refractivity contribution in [1.82, 2.24) is 9.80 Å². The smallest absolute Gasteiger partial charge is 0.261 e. The maximum atomic E-state index is 12.9. The molecule has 7 nitrogen and oxygen atoms in total. The van der Waals surface area contributed by atoms with E-state index in [1.807, 2.05) is 23.1 Å². The van der Waals surface area contributed by atoms with Crippen molar-refractivity contribution in [1.29, 1.82) is 0 Å². The lowest BCUT2D eigenvalue weighted by molar-refractivity contribution is -0.135. The van der Waals surface area contributed by atoms with Crippen molar-refractivity contribution in [3.63, 3.8) is 0 Å². The number of carbonyl (C=O) groups excluding carboxylic acids is 1. The van der Waals surface area contributed by atoms with Crippen molar-refractivity contribution >= 4 is 21.6 Å². The van der Waals surface area contributed by atoms with Gasteiger partial charge in [-0.05, 0) is 47.5 Å². The summed E-state index contributed by atoms with van der Waals surface area (Å²) < 4.78 is 33.5. The van der Waals surface area contributed by atoms with E-state index in [0.29, 0.717) is 24.5 Å². The molecule has 1 aliphatic heterocycles. The summed E-state index contributed by atoms with van der Waals surface area (Å²) in [5.74, 6) is 0.349. The minimum atomic E-state index is -3.72. The van der Waals surface area contributed by atoms with Crippen LogP contribution in [0.15, 0.2) is 120 Å². The minimum absolute atomic E-state index is 0.0898. The number of carbonyl (C=O) groups is 1. The normalized spacial score (nSPS) is 14.2. The summed E-state index contributed by atoms with van der Waals surface area (Å²) in [4.78, 5) is 17.3. The fourth-order valence-corrected chi connectivity index (χ4v) is 5.84. The molecule has 0 spiro atoms. The molecule has 39 heavy (non-hydrogen) atoms. The Morgan fingerprint density at radius 1 is 0.718 bits per heavy atom. The predicted octanol–water partition coefficient (Wildman–Crippen LogP) is 4.80. The van der Waals surface area contributed by atoms with Crippen LogP contribution in [0.1, 0.15) is 17.2 Å². The van der Waals surface area contributed by atoms with E-state index < -0.39 is 10.0 Å². The number of piperazine rings is 1. The van der Waals surface area contributed by atoms with Gasteiger partial charge in [0.05, 0.1) is 10.9 Å². The molecule has 5 rings (SSSR count). The Balaban J connectivity index is 1.15. The molecule has 1 saturated heterocycles. The number of amides is 1. The maximum absolute atomic E-state index is 12.9. The summed E-state index contributed by atoms with van der Waals surface area (Å²) in [5, 5.41) is 0. The molecule has 0 bridgehead atoms. The van der Waals surface area contributed by atoms with E-state index in [1.165, 1.54) is 23.3 Å². The zero-order valence-corrected chi connectivity index (χ0v) is 22.3. The first-order valence-corrected chi connectivity index (χ1v) is 14.4. The van der Waals surface area contributed by atoms with Crippen LogP contribution < -0.4 is 9.46 Å². The molecular weight excluding hydrogens is 510 g/mol. The van der Waals surface area contributed by atoms with Gasteiger partial charge in [-0.15, -0.1) is 0 Å². The molecule has 4 aromatic carbocycles. The highest BCUT2D eigenvalue weighted by Crippen LogP contribution is 2.29. The van der Waals surface area contributed by atoms with Gasteiger partial charge in [-0.1, -0.05) is 78.9 Å². The van der Waals surface area contributed by atoms with Crippen molar-refractivity contribution in [3.05, 3.63) is 126 Å². The van der Waals surface area contributed by atoms with Crippen LogP contribution in [0.25, 0.3) is 0 Å². The maximum Gasteiger partial charge on any atom is 0.261 e. The van der Waals surface area contributed by atoms with E-state index in [-0.39, 0.29) is 23.5 Å². The average molecular weight is 542 g/mol. The molecule has 0 aromatic heterocycles. The third-order valence-electron chi connectivity index (χ3n) is 6.79. The van der Waals surface area contributed by atoms with E-state index in [0.717, 1.165) is 13.1 Å². The Bertz CT molecular complexity index is 1420. The molecular formula is C31H31N3O4S. The number of nitrogens with one attached hydrogen (secondary N) is 1. The first-order chi connectivity index (χ1) is 19.0. The zero-order chi connectivity index (χ0) is 27.1. The predicted molar refractivity (Wildman–Crippen MR) is 152 cm³/mol. The van der Waals surface area contributed by atoms with Gasteiger partial charge in [-0.2, -0.15) is 0 Å². The highest BCUT2D eigenvalue weighted by Gasteiger charge is 2.28. The third-order valence-corrected chi connectivity index (χ3v) is 8.18. The van der Waals surface area contributed by atoms with Crippen LogP contribution in [0, 0.1) is 0 Å². The number of ether oxygens (including phenoxy) is 1. The number of hydrogen-bond donors (Lipinski definition) is 1. The molecule has 0 atom stereocenters. The highest BCUT2D eigenvalue weighted by molar-refractivity contribution is 7.92. The number of nitrogens with zero attached hydrogens (tertiary/aromatic N) is 2. The largest absolute Gasteiger partial charge is 0.484 e. The molecule has 8 heteroatoms. The van der Waals surface area contributed by atoms with Gasteiger partial charge in [0, 0.05) is 31.9 Å². The summed E-state index contributed by atoms with van der Waals surface area (Å²) >= 11 is 0. The third kappa shape index (κ3) is 6.66. The van der Waals surface area contributed by atoms with E-state index in [2.05, 4.69) is 58.2 Å². The summed E-state index contributed by atoms with van der Waals surface area (Å²) in [6.45, 7) is 2.62. The molecule has 0 unspecified atom stereocenters. The number of para-hydroxylation sites is 1. The van der Waals surface area contributed by atoms with E-state index in [4.69, 9.17) is 4.74 Å². The van der Waals surface area contributed by atoms with E-state index in [9.17, 15) is 13.2 Å². The van der Waals surface area contributed by atoms with Crippen LogP contribution in [0.3, 0.4) is 0 Å². The summed E-state index contributed by atoms with van der Waals surface area (Å²) in [7, 11) is -3.72. The number of anilines is 1. The Kier molecular flexibility index (Phi) is 8.24. The second-order valence-corrected chi connectivity index (χ2v) is 11.1. The van der Waals surface area contributed by atoms with Gasteiger partial charge in [-0.3, -0.25) is 14.4 Å². The molecule has 200 valence electrons. The molecule has 1 amide bonds. The monoisotopic (exact) mass is 541 g/mol. The van der Waals surface area contributed by atoms with E-state index >= 15 is 0 Å². The molecule has 0 radical (unpaired) electrons. The number of rotatable bonds is 9. The van der Waals surface area contributed by atoms with Crippen LogP contribution >= 0.6 is 0 Å². The Morgan fingerprint density at radius 2 is 1.23 bits per heavy atom. The second kappa shape index (κ2) is 12.1. The summed E-state index contributed by atoms with van der Waals surface area (Å²) in [5.41, 5.74) is 2.95. The van der Waals surface area contributed by atoms with E-state index in [1.54, 1.807) is 36.4 Å². The summed E-state index contributed by atoms with van der Waals surface area (Å²) in [6, 6.07) is 35.8. The van der Waals surface area contributed by atoms with Crippen molar-refractivity contribution < 1.29 is 17.9 Å². The second-order valence-electron chi connectivity index (χ2n) is 9.37. The van der Waals surface area contributed by atoms with Crippen LogP contribution in [0.4, 0.5) is 5.69 Å². The van der Waals surface area contributed by atoms with Gasteiger partial charge in [0.25, 0.3) is 15.9 Å². The Hall–Kier alpha value is -4.14. The number of sulfonamides is 1. The SMILES string of the molecule is O=C(COc1ccc(S(=O)(=O)Nc2ccccc2)cc1)N1CCN(C(c2ccccc2)c2ccccc2)CC1. The quantitative estimate of drug-likeness (QED) is 0.329. The fourth-order valence-electron chi connectivity index (χ4n) is 4.79. The highest BCUT2D eigenvalue weighted by atomic mass is 32.2. The zero-order valence-electron chi connectivity index (χ0n) is 21.5. The van der Waals surface area contributed by atoms with Crippen molar-refractivity contribution in [2.45, 2.75) is 10.9 Å². The standard InChI is InChI=1S/C31H31N3O4S/c35-30(24-38-28-16-18-29(19-17-28)39(36,37)32-27-14-8-3-9-15-27)33-20-22-34(23-21-33)31(25-10-4-1-5-11-25)26-12-6-2-7-13-26/h1-19,31-32H,20-24H2. The van der Waals surface area contributed by atoms with Gasteiger partial charge in [0.2, 0.25) is 0 Å². The molecule has 1 heterocycles. The Labute approximate surface area is 229 Å². The van der Waals surface area contributed by atoms with Crippen molar-refractivity contribution in [3.8, 4) is 5.75 Å². The molecule has 1 N–H and O–H groups in total. The summed E-state index contributed by atoms with van der Waals surface area (Å²) in [6.07, 6.45) is 0. The number of benzene rings is 4. The lowest BCUT2D eigenvalue weighted by atomic mass is 9.96. The molecule has 0 aliphatic carbocycles. The number of hydrogen-bond acceptors (Lipinski definition) is 5. The van der Waals surface area contributed by atoms with Gasteiger partial charge in [0.15, 0.2) is 6.61 Å². The average Bonchev–Trinajstić information content (AvgIpc) is 2.98. The molecule has 0 saturated carbocycles. The van der Waals surface area contributed by atoms with Crippen LogP contribution in [-0.2, 0) is 14.8 Å². The molecule has 1 fully saturated rings. The lowest BCUT2D eigenvalue weighted by Gasteiger charge is -2.39. The molecule has 4 aromatic rings. The van der Waals surface area contributed by atoms with Crippen LogP contribution in [0.2, 0.25) is 0 Å². The van der Waals surface area contributed by atoms with Crippen LogP contribution in [-0.4, -0.2) is 56.9 Å². The van der Waals surface area contributed by atoms with Gasteiger partial charge in [0.1, 0.15) is 5.75 Å². The van der Waals surface area contributed by atoms with Gasteiger partial charge < -0.3 is 9.64 Å². The first kappa shape index (κ1) is 26.5. The topological polar surface area (TPSA) is 78.9 Å². The van der Waals surface area contributed by atoms with Gasteiger partial charge >= 0.3 is 0 Å².